The molecule has 0 unspecified atom stereocenters. The van der Waals surface area contributed by atoms with Crippen molar-refractivity contribution in [3.63, 3.8) is 0 Å². The van der Waals surface area contributed by atoms with Crippen molar-refractivity contribution in [1.82, 2.24) is 5.01 Å². The van der Waals surface area contributed by atoms with Gasteiger partial charge in [0, 0.05) is 0 Å². The lowest BCUT2D eigenvalue weighted by Gasteiger charge is -2.25. The van der Waals surface area contributed by atoms with Crippen molar-refractivity contribution in [3.8, 4) is 0 Å². The first-order chi connectivity index (χ1) is 6.92. The fourth-order valence-corrected chi connectivity index (χ4v) is 0.697. The monoisotopic (exact) mass is 233 g/mol. The molecule has 0 aromatic heterocycles. The molecule has 0 atom stereocenters. The number of hydrazine groups is 1. The lowest BCUT2D eigenvalue weighted by molar-refractivity contribution is 0.00118. The molecule has 0 saturated heterocycles. The van der Waals surface area contributed by atoms with Crippen LogP contribution in [0.2, 0.25) is 0 Å². The van der Waals surface area contributed by atoms with Gasteiger partial charge in [0.05, 0.1) is 0 Å². The fraction of sp³-hybridized carbons (Fsp3) is 0.800. The van der Waals surface area contributed by atoms with E-state index < -0.39 is 23.4 Å². The van der Waals surface area contributed by atoms with Gasteiger partial charge in [0.2, 0.25) is 0 Å². The van der Waals surface area contributed by atoms with Gasteiger partial charge in [-0.3, -0.25) is 0 Å². The SMILES string of the molecule is CC(C)(C)OC(=O)N([15NH2])C(=O)OC(C)(C)C. The zero-order valence-corrected chi connectivity index (χ0v) is 10.7. The first kappa shape index (κ1) is 14.7. The Hall–Kier alpha value is -1.30. The van der Waals surface area contributed by atoms with E-state index in [2.05, 4.69) is 0 Å². The summed E-state index contributed by atoms with van der Waals surface area (Å²) < 4.78 is 9.79. The number of amides is 2. The maximum Gasteiger partial charge on any atom is 0.434 e. The summed E-state index contributed by atoms with van der Waals surface area (Å²) in [5.74, 6) is 5.26. The van der Waals surface area contributed by atoms with Crippen LogP contribution in [0, 0.1) is 0 Å². The largest absolute Gasteiger partial charge is 0.442 e. The third-order valence-corrected chi connectivity index (χ3v) is 1.18. The number of hydrogen-bond donors (Lipinski definition) is 1. The maximum absolute atomic E-state index is 11.4. The number of hydrogen-bond acceptors (Lipinski definition) is 5. The normalized spacial score (nSPS) is 11.9. The topological polar surface area (TPSA) is 81.9 Å². The van der Waals surface area contributed by atoms with Gasteiger partial charge < -0.3 is 9.47 Å². The number of carbonyl (C=O) groups is 2. The Kier molecular flexibility index (Phi) is 4.31. The van der Waals surface area contributed by atoms with E-state index in [-0.39, 0.29) is 0 Å². The van der Waals surface area contributed by atoms with E-state index in [1.807, 2.05) is 0 Å². The molecule has 6 nitrogen and oxygen atoms in total. The Balaban J connectivity index is 4.40. The van der Waals surface area contributed by atoms with E-state index in [1.165, 1.54) is 0 Å². The molecule has 2 amide bonds. The quantitative estimate of drug-likeness (QED) is 0.299. The Labute approximate surface area is 95.6 Å². The van der Waals surface area contributed by atoms with Gasteiger partial charge >= 0.3 is 12.2 Å². The summed E-state index contributed by atoms with van der Waals surface area (Å²) in [4.78, 5) is 22.7. The van der Waals surface area contributed by atoms with Crippen molar-refractivity contribution >= 4 is 12.2 Å². The summed E-state index contributed by atoms with van der Waals surface area (Å²) in [5.41, 5.74) is -1.42. The summed E-state index contributed by atoms with van der Waals surface area (Å²) in [6.07, 6.45) is -1.89. The summed E-state index contributed by atoms with van der Waals surface area (Å²) in [6, 6.07) is 0. The highest BCUT2D eigenvalue weighted by atomic mass is 16.6. The molecule has 0 aromatic rings. The first-order valence-corrected chi connectivity index (χ1v) is 4.93. The average molecular weight is 233 g/mol. The van der Waals surface area contributed by atoms with Gasteiger partial charge in [-0.25, -0.2) is 15.4 Å². The Bertz CT molecular complexity index is 248. The summed E-state index contributed by atoms with van der Waals surface area (Å²) >= 11 is 0. The Morgan fingerprint density at radius 3 is 1.31 bits per heavy atom. The molecule has 0 aliphatic carbocycles. The number of carbonyl (C=O) groups excluding carboxylic acids is 2. The van der Waals surface area contributed by atoms with E-state index in [9.17, 15) is 9.59 Å². The number of nitrogens with zero attached hydrogens (tertiary/aromatic N) is 1. The van der Waals surface area contributed by atoms with Crippen LogP contribution in [0.5, 0.6) is 0 Å². The van der Waals surface area contributed by atoms with Crippen LogP contribution in [0.3, 0.4) is 0 Å². The van der Waals surface area contributed by atoms with Crippen LogP contribution in [-0.4, -0.2) is 28.4 Å². The number of imide groups is 1. The summed E-state index contributed by atoms with van der Waals surface area (Å²) in [7, 11) is 0. The van der Waals surface area contributed by atoms with Gasteiger partial charge in [0.1, 0.15) is 11.2 Å². The number of nitrogens with two attached hydrogens (primary N) is 1. The third-order valence-electron chi connectivity index (χ3n) is 1.18. The van der Waals surface area contributed by atoms with Crippen LogP contribution in [0.1, 0.15) is 41.5 Å². The Morgan fingerprint density at radius 1 is 0.875 bits per heavy atom. The highest BCUT2D eigenvalue weighted by molar-refractivity contribution is 5.87. The highest BCUT2D eigenvalue weighted by Gasteiger charge is 2.28. The van der Waals surface area contributed by atoms with Crippen LogP contribution in [-0.2, 0) is 9.47 Å². The van der Waals surface area contributed by atoms with Crippen molar-refractivity contribution in [2.24, 2.45) is 5.84 Å². The van der Waals surface area contributed by atoms with E-state index in [4.69, 9.17) is 15.3 Å². The summed E-state index contributed by atoms with van der Waals surface area (Å²) in [6.45, 7) is 10.0. The van der Waals surface area contributed by atoms with Crippen LogP contribution < -0.4 is 5.84 Å². The lowest BCUT2D eigenvalue weighted by atomic mass is 10.2. The molecule has 0 spiro atoms. The molecule has 0 fully saturated rings. The van der Waals surface area contributed by atoms with Gasteiger partial charge in [-0.15, -0.1) is 5.01 Å². The average Bonchev–Trinajstić information content (AvgIpc) is 1.96. The predicted molar refractivity (Wildman–Crippen MR) is 58.5 cm³/mol. The molecule has 0 aliphatic rings. The molecule has 0 aromatic carbocycles. The number of ether oxygens (including phenoxy) is 2. The fourth-order valence-electron chi connectivity index (χ4n) is 0.697. The van der Waals surface area contributed by atoms with Gasteiger partial charge in [-0.05, 0) is 41.5 Å². The summed E-state index contributed by atoms with van der Waals surface area (Å²) in [5, 5.41) is 0.316. The highest BCUT2D eigenvalue weighted by Crippen LogP contribution is 2.12. The van der Waals surface area contributed by atoms with Crippen LogP contribution >= 0.6 is 0 Å². The molecule has 0 bridgehead atoms. The molecule has 0 rings (SSSR count). The first-order valence-electron chi connectivity index (χ1n) is 4.93. The van der Waals surface area contributed by atoms with Gasteiger partial charge in [-0.2, -0.15) is 0 Å². The van der Waals surface area contributed by atoms with Crippen LogP contribution in [0.4, 0.5) is 9.59 Å². The standard InChI is InChI=1S/C10H20N2O4/c1-9(2,3)15-7(13)12(11)8(14)16-10(4,5)6/h11H2,1-6H3/i11+1. The minimum Gasteiger partial charge on any atom is -0.442 e. The molecule has 0 aliphatic heterocycles. The van der Waals surface area contributed by atoms with Crippen molar-refractivity contribution in [1.29, 1.82) is 0 Å². The van der Waals surface area contributed by atoms with E-state index in [0.29, 0.717) is 5.01 Å². The van der Waals surface area contributed by atoms with E-state index in [0.717, 1.165) is 0 Å². The van der Waals surface area contributed by atoms with Crippen molar-refractivity contribution in [2.45, 2.75) is 52.7 Å². The van der Waals surface area contributed by atoms with Gasteiger partial charge in [0.25, 0.3) is 0 Å². The van der Waals surface area contributed by atoms with Crippen molar-refractivity contribution in [2.75, 3.05) is 0 Å². The molecule has 0 saturated carbocycles. The molecule has 0 radical (unpaired) electrons. The van der Waals surface area contributed by atoms with Gasteiger partial charge in [-0.1, -0.05) is 0 Å². The minimum atomic E-state index is -0.943. The lowest BCUT2D eigenvalue weighted by Crippen LogP contribution is -2.47. The van der Waals surface area contributed by atoms with Crippen LogP contribution in [0.25, 0.3) is 0 Å². The Morgan fingerprint density at radius 2 is 1.12 bits per heavy atom. The molecular weight excluding hydrogens is 213 g/mol. The molecule has 6 heteroatoms. The van der Waals surface area contributed by atoms with Crippen molar-refractivity contribution in [3.05, 3.63) is 0 Å². The minimum absolute atomic E-state index is 0.316. The molecule has 2 N–H and O–H groups in total. The second-order valence-electron chi connectivity index (χ2n) is 5.33. The van der Waals surface area contributed by atoms with Crippen LogP contribution in [0.15, 0.2) is 0 Å². The van der Waals surface area contributed by atoms with E-state index in [1.54, 1.807) is 41.5 Å². The molecule has 94 valence electrons. The molecule has 0 heterocycles. The van der Waals surface area contributed by atoms with E-state index >= 15 is 0 Å². The third kappa shape index (κ3) is 6.23. The predicted octanol–water partition coefficient (Wildman–Crippen LogP) is 2.03. The molecular formula is C10H20N2O4. The second-order valence-corrected chi connectivity index (χ2v) is 5.33. The van der Waals surface area contributed by atoms with Gasteiger partial charge in [0.15, 0.2) is 0 Å². The number of rotatable bonds is 0. The zero-order chi connectivity index (χ0) is 13.1. The zero-order valence-electron chi connectivity index (χ0n) is 10.7. The second kappa shape index (κ2) is 4.69. The molecule has 16 heavy (non-hydrogen) atoms. The smallest absolute Gasteiger partial charge is 0.434 e. The van der Waals surface area contributed by atoms with Crippen molar-refractivity contribution < 1.29 is 19.1 Å². The maximum atomic E-state index is 11.4.